The Hall–Kier alpha value is -3.30. The van der Waals surface area contributed by atoms with Gasteiger partial charge in [0.1, 0.15) is 5.75 Å². The van der Waals surface area contributed by atoms with Crippen molar-refractivity contribution in [1.29, 1.82) is 0 Å². The highest BCUT2D eigenvalue weighted by Gasteiger charge is 2.33. The Balaban J connectivity index is 0.00000324. The zero-order valence-corrected chi connectivity index (χ0v) is 20.4. The lowest BCUT2D eigenvalue weighted by molar-refractivity contribution is -0.138. The molecule has 3 aromatic rings. The molecule has 0 unspecified atom stereocenters. The normalized spacial score (nSPS) is 14.0. The summed E-state index contributed by atoms with van der Waals surface area (Å²) in [4.78, 5) is 42.3. The molecule has 2 aromatic heterocycles. The lowest BCUT2D eigenvalue weighted by Gasteiger charge is -2.39. The molecule has 4 rings (SSSR count). The van der Waals surface area contributed by atoms with Crippen LogP contribution in [0.1, 0.15) is 28.5 Å². The molecule has 3 heterocycles. The van der Waals surface area contributed by atoms with E-state index < -0.39 is 22.8 Å². The van der Waals surface area contributed by atoms with Gasteiger partial charge in [-0.05, 0) is 30.2 Å². The van der Waals surface area contributed by atoms with Gasteiger partial charge in [0.2, 0.25) is 5.91 Å². The van der Waals surface area contributed by atoms with Gasteiger partial charge in [0.25, 0.3) is 5.56 Å². The second-order valence-corrected chi connectivity index (χ2v) is 8.78. The van der Waals surface area contributed by atoms with E-state index in [0.717, 1.165) is 36.2 Å². The average Bonchev–Trinajstić information content (AvgIpc) is 3.03. The maximum absolute atomic E-state index is 12.3. The molecule has 34 heavy (non-hydrogen) atoms. The number of amides is 1. The van der Waals surface area contributed by atoms with E-state index in [9.17, 15) is 24.6 Å². The molecule has 1 fully saturated rings. The quantitative estimate of drug-likeness (QED) is 0.490. The topological polar surface area (TPSA) is 119 Å². The van der Waals surface area contributed by atoms with Crippen molar-refractivity contribution in [2.45, 2.75) is 19.9 Å². The van der Waals surface area contributed by atoms with Gasteiger partial charge < -0.3 is 24.7 Å². The number of carbonyl (C=O) groups excluding carboxylic acids is 1. The summed E-state index contributed by atoms with van der Waals surface area (Å²) in [5.41, 5.74) is 2.15. The van der Waals surface area contributed by atoms with Crippen LogP contribution in [0.5, 0.6) is 5.75 Å². The third-order valence-electron chi connectivity index (χ3n) is 6.42. The average molecular weight is 489 g/mol. The predicted molar refractivity (Wildman–Crippen MR) is 132 cm³/mol. The van der Waals surface area contributed by atoms with Crippen molar-refractivity contribution in [3.8, 4) is 17.0 Å². The fraction of sp³-hybridized carbons (Fsp3) is 0.375. The summed E-state index contributed by atoms with van der Waals surface area (Å²) < 4.78 is 2.11. The fourth-order valence-electron chi connectivity index (χ4n) is 4.58. The number of carboxylic acids is 1. The van der Waals surface area contributed by atoms with E-state index in [1.54, 1.807) is 25.9 Å². The van der Waals surface area contributed by atoms with Gasteiger partial charge in [0.15, 0.2) is 5.56 Å². The number of benzene rings is 1. The van der Waals surface area contributed by atoms with Crippen LogP contribution in [0, 0.1) is 5.92 Å². The molecule has 1 amide bonds. The number of carbonyl (C=O) groups is 2. The molecular formula is C24H29ClN4O5. The van der Waals surface area contributed by atoms with Crippen LogP contribution in [0.15, 0.2) is 29.1 Å². The number of carboxylic acid groups (broad SMARTS) is 1. The van der Waals surface area contributed by atoms with E-state index in [1.165, 1.54) is 0 Å². The van der Waals surface area contributed by atoms with Crippen molar-refractivity contribution in [3.63, 3.8) is 0 Å². The van der Waals surface area contributed by atoms with Gasteiger partial charge in [-0.25, -0.2) is 4.79 Å². The van der Waals surface area contributed by atoms with Crippen LogP contribution in [0.4, 0.5) is 0 Å². The minimum atomic E-state index is -1.46. The molecule has 3 N–H and O–H groups in total. The number of fused-ring (bicyclic) bond motifs is 1. The largest absolute Gasteiger partial charge is 0.506 e. The van der Waals surface area contributed by atoms with Crippen LogP contribution in [-0.2, 0) is 24.8 Å². The Morgan fingerprint density at radius 3 is 2.47 bits per heavy atom. The van der Waals surface area contributed by atoms with Gasteiger partial charge in [-0.1, -0.05) is 13.0 Å². The van der Waals surface area contributed by atoms with E-state index in [4.69, 9.17) is 0 Å². The number of nitrogens with one attached hydrogen (secondary N) is 1. The van der Waals surface area contributed by atoms with Crippen molar-refractivity contribution >= 4 is 35.2 Å². The molecule has 0 saturated carbocycles. The third kappa shape index (κ3) is 4.28. The van der Waals surface area contributed by atoms with Crippen molar-refractivity contribution in [2.75, 3.05) is 27.2 Å². The van der Waals surface area contributed by atoms with Crippen molar-refractivity contribution < 1.29 is 19.8 Å². The molecule has 0 aliphatic carbocycles. The van der Waals surface area contributed by atoms with E-state index in [2.05, 4.69) is 20.5 Å². The SMILES string of the molecule is CCc1c(-c2ccc3c(c2)cc(CN2CC(C(=O)N(C)C)C2)n3C)[nH]c(=O)c(C(=O)O)c1O.Cl. The zero-order chi connectivity index (χ0) is 24.0. The summed E-state index contributed by atoms with van der Waals surface area (Å²) in [6.07, 6.45) is 0.359. The molecule has 0 bridgehead atoms. The second-order valence-electron chi connectivity index (χ2n) is 8.78. The minimum absolute atomic E-state index is 0. The second kappa shape index (κ2) is 9.52. The van der Waals surface area contributed by atoms with Gasteiger partial charge in [-0.2, -0.15) is 0 Å². The Morgan fingerprint density at radius 2 is 1.88 bits per heavy atom. The van der Waals surface area contributed by atoms with Crippen molar-refractivity contribution in [2.24, 2.45) is 13.0 Å². The van der Waals surface area contributed by atoms with Gasteiger partial charge >= 0.3 is 5.97 Å². The molecule has 10 heteroatoms. The Labute approximate surface area is 203 Å². The first kappa shape index (κ1) is 25.3. The number of aromatic amines is 1. The number of nitrogens with zero attached hydrogens (tertiary/aromatic N) is 3. The number of aromatic nitrogens is 2. The van der Waals surface area contributed by atoms with Crippen LogP contribution in [0.2, 0.25) is 0 Å². The molecule has 1 aromatic carbocycles. The predicted octanol–water partition coefficient (Wildman–Crippen LogP) is 2.44. The van der Waals surface area contributed by atoms with Gasteiger partial charge in [0, 0.05) is 62.9 Å². The Morgan fingerprint density at radius 1 is 1.21 bits per heavy atom. The number of hydrogen-bond donors (Lipinski definition) is 3. The molecular weight excluding hydrogens is 460 g/mol. The zero-order valence-electron chi connectivity index (χ0n) is 19.6. The maximum Gasteiger partial charge on any atom is 0.345 e. The smallest absolute Gasteiger partial charge is 0.345 e. The molecule has 1 aliphatic rings. The van der Waals surface area contributed by atoms with E-state index in [1.807, 2.05) is 25.2 Å². The number of aromatic hydroxyl groups is 1. The van der Waals surface area contributed by atoms with Gasteiger partial charge in [-0.15, -0.1) is 12.4 Å². The molecule has 9 nitrogen and oxygen atoms in total. The lowest BCUT2D eigenvalue weighted by atomic mass is 9.98. The summed E-state index contributed by atoms with van der Waals surface area (Å²) in [6, 6.07) is 7.81. The summed E-state index contributed by atoms with van der Waals surface area (Å²) in [7, 11) is 5.55. The Kier molecular flexibility index (Phi) is 7.09. The lowest BCUT2D eigenvalue weighted by Crippen LogP contribution is -2.52. The molecule has 0 atom stereocenters. The first-order chi connectivity index (χ1) is 15.6. The number of hydrogen-bond acceptors (Lipinski definition) is 5. The highest BCUT2D eigenvalue weighted by Crippen LogP contribution is 2.32. The van der Waals surface area contributed by atoms with Crippen molar-refractivity contribution in [1.82, 2.24) is 19.4 Å². The van der Waals surface area contributed by atoms with E-state index in [0.29, 0.717) is 23.2 Å². The number of aromatic carboxylic acids is 1. The Bertz CT molecular complexity index is 1320. The summed E-state index contributed by atoms with van der Waals surface area (Å²) in [6.45, 7) is 3.99. The number of halogens is 1. The first-order valence-corrected chi connectivity index (χ1v) is 10.9. The molecule has 1 aliphatic heterocycles. The molecule has 0 spiro atoms. The molecule has 1 saturated heterocycles. The molecule has 0 radical (unpaired) electrons. The minimum Gasteiger partial charge on any atom is -0.506 e. The fourth-order valence-corrected chi connectivity index (χ4v) is 4.58. The first-order valence-electron chi connectivity index (χ1n) is 10.9. The highest BCUT2D eigenvalue weighted by atomic mass is 35.5. The van der Waals surface area contributed by atoms with Crippen molar-refractivity contribution in [3.05, 3.63) is 51.4 Å². The molecule has 182 valence electrons. The standard InChI is InChI=1S/C24H28N4O5.ClH/c1-5-17-20(25-22(30)19(21(17)29)24(32)33)13-6-7-18-14(8-13)9-16(27(18)4)12-28-10-15(11-28)23(31)26(2)3;/h6-9,15H,5,10-12H2,1-4H3,(H,32,33)(H2,25,29,30);1H. The van der Waals surface area contributed by atoms with Gasteiger partial charge in [-0.3, -0.25) is 14.5 Å². The van der Waals surface area contributed by atoms with Crippen LogP contribution >= 0.6 is 12.4 Å². The number of aryl methyl sites for hydroxylation is 1. The summed E-state index contributed by atoms with van der Waals surface area (Å²) in [5.74, 6) is -1.74. The third-order valence-corrected chi connectivity index (χ3v) is 6.42. The number of pyridine rings is 1. The van der Waals surface area contributed by atoms with Gasteiger partial charge in [0.05, 0.1) is 11.6 Å². The van der Waals surface area contributed by atoms with Crippen LogP contribution in [0.3, 0.4) is 0 Å². The van der Waals surface area contributed by atoms with Crippen LogP contribution in [-0.4, -0.2) is 68.6 Å². The summed E-state index contributed by atoms with van der Waals surface area (Å²) in [5, 5.41) is 20.7. The monoisotopic (exact) mass is 488 g/mol. The van der Waals surface area contributed by atoms with Crippen LogP contribution < -0.4 is 5.56 Å². The van der Waals surface area contributed by atoms with Crippen LogP contribution in [0.25, 0.3) is 22.2 Å². The number of likely N-dealkylation sites (tertiary alicyclic amines) is 1. The number of rotatable bonds is 6. The highest BCUT2D eigenvalue weighted by molar-refractivity contribution is 5.92. The maximum atomic E-state index is 12.3. The van der Waals surface area contributed by atoms with E-state index in [-0.39, 0.29) is 24.2 Å². The number of H-pyrrole nitrogens is 1. The summed E-state index contributed by atoms with van der Waals surface area (Å²) >= 11 is 0. The van der Waals surface area contributed by atoms with E-state index >= 15 is 0 Å².